The zero-order chi connectivity index (χ0) is 24.1. The van der Waals surface area contributed by atoms with Crippen molar-refractivity contribution in [1.82, 2.24) is 5.43 Å². The first-order valence-electron chi connectivity index (χ1n) is 9.16. The smallest absolute Gasteiger partial charge is 0.271 e. The van der Waals surface area contributed by atoms with Gasteiger partial charge in [-0.05, 0) is 48.0 Å². The number of rotatable bonds is 7. The first-order chi connectivity index (χ1) is 15.7. The number of halogens is 5. The summed E-state index contributed by atoms with van der Waals surface area (Å²) >= 11 is 0. The monoisotopic (exact) mass is 466 g/mol. The number of phenols is 1. The largest absolute Gasteiger partial charge is 0.508 e. The summed E-state index contributed by atoms with van der Waals surface area (Å²) in [6, 6.07) is 9.86. The van der Waals surface area contributed by atoms with Gasteiger partial charge < -0.3 is 14.6 Å². The highest BCUT2D eigenvalue weighted by molar-refractivity contribution is 5.95. The maximum Gasteiger partial charge on any atom is 0.271 e. The van der Waals surface area contributed by atoms with Gasteiger partial charge in [0.25, 0.3) is 5.91 Å². The number of nitrogens with one attached hydrogen (secondary N) is 1. The third kappa shape index (κ3) is 5.20. The van der Waals surface area contributed by atoms with Crippen molar-refractivity contribution >= 4 is 12.1 Å². The lowest BCUT2D eigenvalue weighted by Gasteiger charge is -2.13. The van der Waals surface area contributed by atoms with Crippen LogP contribution in [0, 0.1) is 29.1 Å². The number of carbonyl (C=O) groups excluding carboxylic acids is 1. The van der Waals surface area contributed by atoms with Crippen LogP contribution in [0.5, 0.6) is 17.2 Å². The van der Waals surface area contributed by atoms with E-state index in [-0.39, 0.29) is 22.6 Å². The molecule has 11 heteroatoms. The van der Waals surface area contributed by atoms with Crippen molar-refractivity contribution in [2.75, 3.05) is 7.11 Å². The summed E-state index contributed by atoms with van der Waals surface area (Å²) in [6.07, 6.45) is 1.25. The minimum Gasteiger partial charge on any atom is -0.508 e. The van der Waals surface area contributed by atoms with E-state index in [1.165, 1.54) is 55.8 Å². The summed E-state index contributed by atoms with van der Waals surface area (Å²) in [5.74, 6) is -12.5. The summed E-state index contributed by atoms with van der Waals surface area (Å²) in [5, 5.41) is 13.0. The van der Waals surface area contributed by atoms with Gasteiger partial charge in [0.05, 0.1) is 13.3 Å². The maximum atomic E-state index is 13.8. The van der Waals surface area contributed by atoms with Crippen molar-refractivity contribution in [1.29, 1.82) is 0 Å². The Balaban J connectivity index is 1.76. The molecule has 0 unspecified atom stereocenters. The van der Waals surface area contributed by atoms with Crippen LogP contribution in [0.15, 0.2) is 47.6 Å². The van der Waals surface area contributed by atoms with Crippen molar-refractivity contribution in [2.45, 2.75) is 6.61 Å². The Kier molecular flexibility index (Phi) is 7.11. The molecule has 0 saturated carbocycles. The maximum absolute atomic E-state index is 13.8. The fraction of sp³-hybridized carbons (Fsp3) is 0.0909. The average molecular weight is 466 g/mol. The van der Waals surface area contributed by atoms with Gasteiger partial charge in [0.15, 0.2) is 5.75 Å². The first-order valence-corrected chi connectivity index (χ1v) is 9.16. The van der Waals surface area contributed by atoms with Crippen LogP contribution >= 0.6 is 0 Å². The highest BCUT2D eigenvalue weighted by Crippen LogP contribution is 2.30. The Morgan fingerprint density at radius 2 is 1.58 bits per heavy atom. The third-order valence-electron chi connectivity index (χ3n) is 4.36. The molecule has 0 fully saturated rings. The molecule has 0 spiro atoms. The number of hydrazone groups is 1. The van der Waals surface area contributed by atoms with Crippen LogP contribution in [-0.4, -0.2) is 24.3 Å². The zero-order valence-corrected chi connectivity index (χ0v) is 16.8. The second-order valence-electron chi connectivity index (χ2n) is 6.50. The van der Waals surface area contributed by atoms with Crippen LogP contribution in [0.1, 0.15) is 21.5 Å². The van der Waals surface area contributed by atoms with Crippen LogP contribution < -0.4 is 14.9 Å². The molecule has 0 heterocycles. The van der Waals surface area contributed by atoms with E-state index in [1.54, 1.807) is 0 Å². The van der Waals surface area contributed by atoms with E-state index in [1.807, 2.05) is 0 Å². The van der Waals surface area contributed by atoms with Gasteiger partial charge in [-0.1, -0.05) is 0 Å². The van der Waals surface area contributed by atoms with Gasteiger partial charge in [0.1, 0.15) is 18.1 Å². The highest BCUT2D eigenvalue weighted by Gasteiger charge is 2.27. The molecule has 0 aliphatic heterocycles. The Labute approximate surface area is 183 Å². The number of amides is 1. The topological polar surface area (TPSA) is 80.2 Å². The van der Waals surface area contributed by atoms with Crippen molar-refractivity contribution in [3.05, 3.63) is 88.2 Å². The molecule has 172 valence electrons. The standard InChI is InChI=1S/C22H15F5N2O4/c1-32-15-7-2-11(9-28-29-22(31)12-3-5-14(30)6-4-12)8-13(15)10-33-21-19(26)17(24)16(23)18(25)20(21)27/h2-9,30H,10H2,1H3,(H,29,31). The van der Waals surface area contributed by atoms with Crippen LogP contribution in [0.4, 0.5) is 22.0 Å². The molecule has 0 radical (unpaired) electrons. The lowest BCUT2D eigenvalue weighted by molar-refractivity contribution is 0.0955. The van der Waals surface area contributed by atoms with Crippen LogP contribution in [0.25, 0.3) is 0 Å². The molecular weight excluding hydrogens is 451 g/mol. The lowest BCUT2D eigenvalue weighted by atomic mass is 10.1. The second kappa shape index (κ2) is 9.98. The molecule has 0 aliphatic rings. The Morgan fingerprint density at radius 3 is 2.18 bits per heavy atom. The van der Waals surface area contributed by atoms with Crippen molar-refractivity contribution in [2.24, 2.45) is 5.10 Å². The fourth-order valence-electron chi connectivity index (χ4n) is 2.70. The predicted octanol–water partition coefficient (Wildman–Crippen LogP) is 4.44. The fourth-order valence-corrected chi connectivity index (χ4v) is 2.70. The normalized spacial score (nSPS) is 11.0. The van der Waals surface area contributed by atoms with E-state index < -0.39 is 47.3 Å². The van der Waals surface area contributed by atoms with Crippen molar-refractivity contribution in [3.63, 3.8) is 0 Å². The molecule has 0 bridgehead atoms. The Morgan fingerprint density at radius 1 is 0.970 bits per heavy atom. The van der Waals surface area contributed by atoms with Gasteiger partial charge in [-0.15, -0.1) is 0 Å². The van der Waals surface area contributed by atoms with Crippen LogP contribution in [0.2, 0.25) is 0 Å². The summed E-state index contributed by atoms with van der Waals surface area (Å²) < 4.78 is 77.5. The van der Waals surface area contributed by atoms with Gasteiger partial charge in [-0.2, -0.15) is 13.9 Å². The summed E-state index contributed by atoms with van der Waals surface area (Å²) in [7, 11) is 1.31. The number of nitrogens with zero attached hydrogens (tertiary/aromatic N) is 1. The molecule has 3 rings (SSSR count). The summed E-state index contributed by atoms with van der Waals surface area (Å²) in [6.45, 7) is -0.594. The van der Waals surface area contributed by atoms with E-state index in [9.17, 15) is 31.9 Å². The molecule has 1 amide bonds. The molecule has 0 aliphatic carbocycles. The van der Waals surface area contributed by atoms with Gasteiger partial charge in [0.2, 0.25) is 29.1 Å². The minimum absolute atomic E-state index is 0.00564. The van der Waals surface area contributed by atoms with Crippen LogP contribution in [0.3, 0.4) is 0 Å². The number of ether oxygens (including phenoxy) is 2. The molecule has 6 nitrogen and oxygen atoms in total. The number of aromatic hydroxyl groups is 1. The van der Waals surface area contributed by atoms with Gasteiger partial charge in [-0.3, -0.25) is 4.79 Å². The van der Waals surface area contributed by atoms with E-state index in [2.05, 4.69) is 10.5 Å². The molecule has 33 heavy (non-hydrogen) atoms. The van der Waals surface area contributed by atoms with E-state index in [0.29, 0.717) is 5.56 Å². The molecule has 0 aromatic heterocycles. The van der Waals surface area contributed by atoms with Gasteiger partial charge >= 0.3 is 0 Å². The molecule has 3 aromatic carbocycles. The van der Waals surface area contributed by atoms with E-state index in [0.717, 1.165) is 0 Å². The number of hydrogen-bond donors (Lipinski definition) is 2. The Bertz CT molecular complexity index is 1190. The van der Waals surface area contributed by atoms with Gasteiger partial charge in [-0.25, -0.2) is 18.6 Å². The molecule has 0 atom stereocenters. The molecular formula is C22H15F5N2O4. The quantitative estimate of drug-likeness (QED) is 0.177. The van der Waals surface area contributed by atoms with Crippen LogP contribution in [-0.2, 0) is 6.61 Å². The zero-order valence-electron chi connectivity index (χ0n) is 16.8. The lowest BCUT2D eigenvalue weighted by Crippen LogP contribution is -2.17. The summed E-state index contributed by atoms with van der Waals surface area (Å²) in [5.41, 5.74) is 3.13. The van der Waals surface area contributed by atoms with E-state index >= 15 is 0 Å². The van der Waals surface area contributed by atoms with Crippen molar-refractivity contribution < 1.29 is 41.3 Å². The SMILES string of the molecule is COc1ccc(C=NNC(=O)c2ccc(O)cc2)cc1COc1c(F)c(F)c(F)c(F)c1F. The second-order valence-corrected chi connectivity index (χ2v) is 6.50. The summed E-state index contributed by atoms with van der Waals surface area (Å²) in [4.78, 5) is 12.0. The number of carbonyl (C=O) groups is 1. The Hall–Kier alpha value is -4.15. The van der Waals surface area contributed by atoms with E-state index in [4.69, 9.17) is 9.47 Å². The number of phenolic OH excluding ortho intramolecular Hbond substituents is 1. The molecule has 0 saturated heterocycles. The first kappa shape index (κ1) is 23.5. The number of hydrogen-bond acceptors (Lipinski definition) is 5. The average Bonchev–Trinajstić information content (AvgIpc) is 2.82. The highest BCUT2D eigenvalue weighted by atomic mass is 19.2. The number of methoxy groups -OCH3 is 1. The number of benzene rings is 3. The minimum atomic E-state index is -2.29. The third-order valence-corrected chi connectivity index (χ3v) is 4.36. The molecule has 2 N–H and O–H groups in total. The van der Waals surface area contributed by atoms with Gasteiger partial charge in [0, 0.05) is 11.1 Å². The predicted molar refractivity (Wildman–Crippen MR) is 107 cm³/mol. The van der Waals surface area contributed by atoms with Crippen molar-refractivity contribution in [3.8, 4) is 17.2 Å². The molecule has 3 aromatic rings.